The summed E-state index contributed by atoms with van der Waals surface area (Å²) in [7, 11) is 0. The zero-order valence-corrected chi connectivity index (χ0v) is 14.4. The number of benzene rings is 1. The molecule has 8 heteroatoms. The van der Waals surface area contributed by atoms with Gasteiger partial charge in [-0.1, -0.05) is 16.8 Å². The summed E-state index contributed by atoms with van der Waals surface area (Å²) < 4.78 is 0. The first-order valence-corrected chi connectivity index (χ1v) is 8.11. The summed E-state index contributed by atoms with van der Waals surface area (Å²) in [5, 5.41) is 9.86. The van der Waals surface area contributed by atoms with Crippen LogP contribution < -0.4 is 11.1 Å². The molecule has 1 heterocycles. The van der Waals surface area contributed by atoms with Gasteiger partial charge in [-0.05, 0) is 37.6 Å². The summed E-state index contributed by atoms with van der Waals surface area (Å²) >= 11 is 7.37. The fraction of sp³-hybridized carbons (Fsp3) is 0.267. The summed E-state index contributed by atoms with van der Waals surface area (Å²) in [6.07, 6.45) is 0.399. The molecule has 0 saturated carbocycles. The van der Waals surface area contributed by atoms with Crippen molar-refractivity contribution in [3.05, 3.63) is 44.9 Å². The number of amidine groups is 1. The van der Waals surface area contributed by atoms with Crippen LogP contribution in [0.25, 0.3) is 0 Å². The summed E-state index contributed by atoms with van der Waals surface area (Å²) in [6.45, 7) is 3.54. The number of amides is 1. The minimum Gasteiger partial charge on any atom is -0.384 e. The van der Waals surface area contributed by atoms with E-state index >= 15 is 0 Å². The summed E-state index contributed by atoms with van der Waals surface area (Å²) in [5.41, 5.74) is 8.23. The topological polar surface area (TPSA) is 89.6 Å². The number of hydrogen-bond donors (Lipinski definition) is 2. The number of rotatable bonds is 6. The van der Waals surface area contributed by atoms with E-state index in [2.05, 4.69) is 15.5 Å². The molecule has 0 unspecified atom stereocenters. The van der Waals surface area contributed by atoms with Crippen molar-refractivity contribution in [2.45, 2.75) is 20.3 Å². The van der Waals surface area contributed by atoms with Gasteiger partial charge in [0.05, 0.1) is 6.42 Å². The maximum absolute atomic E-state index is 11.8. The minimum atomic E-state index is -0.322. The highest BCUT2D eigenvalue weighted by molar-refractivity contribution is 7.09. The Morgan fingerprint density at radius 3 is 2.91 bits per heavy atom. The van der Waals surface area contributed by atoms with Gasteiger partial charge in [0.2, 0.25) is 0 Å². The number of halogens is 1. The number of oxime groups is 1. The number of aryl methyl sites for hydroxylation is 2. The first kappa shape index (κ1) is 17.2. The first-order chi connectivity index (χ1) is 10.9. The molecule has 0 aliphatic heterocycles. The number of nitrogens with zero attached hydrogens (tertiary/aromatic N) is 2. The van der Waals surface area contributed by atoms with Gasteiger partial charge in [-0.2, -0.15) is 0 Å². The van der Waals surface area contributed by atoms with Crippen molar-refractivity contribution in [3.63, 3.8) is 0 Å². The van der Waals surface area contributed by atoms with E-state index in [-0.39, 0.29) is 18.3 Å². The molecule has 2 rings (SSSR count). The smallest absolute Gasteiger partial charge is 0.265 e. The van der Waals surface area contributed by atoms with Crippen LogP contribution in [0.1, 0.15) is 16.3 Å². The van der Waals surface area contributed by atoms with Gasteiger partial charge in [-0.15, -0.1) is 11.3 Å². The van der Waals surface area contributed by atoms with E-state index in [1.165, 1.54) is 11.3 Å². The maximum atomic E-state index is 11.8. The van der Waals surface area contributed by atoms with Crippen LogP contribution >= 0.6 is 22.9 Å². The van der Waals surface area contributed by atoms with Crippen LogP contribution in [-0.2, 0) is 16.1 Å². The van der Waals surface area contributed by atoms with Crippen molar-refractivity contribution in [2.24, 2.45) is 10.9 Å². The predicted octanol–water partition coefficient (Wildman–Crippen LogP) is 2.88. The number of aromatic nitrogens is 1. The van der Waals surface area contributed by atoms with Crippen LogP contribution in [0.3, 0.4) is 0 Å². The fourth-order valence-electron chi connectivity index (χ4n) is 1.80. The Balaban J connectivity index is 1.80. The molecule has 0 radical (unpaired) electrons. The van der Waals surface area contributed by atoms with Crippen LogP contribution in [-0.4, -0.2) is 23.3 Å². The summed E-state index contributed by atoms with van der Waals surface area (Å²) in [5.74, 6) is -0.0492. The van der Waals surface area contributed by atoms with Crippen molar-refractivity contribution in [2.75, 3.05) is 11.9 Å². The van der Waals surface area contributed by atoms with E-state index in [0.717, 1.165) is 16.3 Å². The van der Waals surface area contributed by atoms with Gasteiger partial charge in [0.25, 0.3) is 5.91 Å². The third kappa shape index (κ3) is 5.54. The molecule has 23 heavy (non-hydrogen) atoms. The second-order valence-corrected chi connectivity index (χ2v) is 6.30. The third-order valence-electron chi connectivity index (χ3n) is 2.84. The Kier molecular flexibility index (Phi) is 5.95. The molecule has 0 bridgehead atoms. The Morgan fingerprint density at radius 2 is 2.26 bits per heavy atom. The number of anilines is 1. The summed E-state index contributed by atoms with van der Waals surface area (Å²) in [6, 6.07) is 5.21. The number of nitrogens with two attached hydrogens (primary N) is 1. The van der Waals surface area contributed by atoms with Crippen LogP contribution in [0.4, 0.5) is 5.69 Å². The van der Waals surface area contributed by atoms with Gasteiger partial charge >= 0.3 is 0 Å². The monoisotopic (exact) mass is 352 g/mol. The highest BCUT2D eigenvalue weighted by Crippen LogP contribution is 2.19. The second-order valence-electron chi connectivity index (χ2n) is 4.92. The largest absolute Gasteiger partial charge is 0.384 e. The molecule has 0 spiro atoms. The SMILES string of the molecule is Cc1csc(CC(N)=NOCC(=O)Nc2ccc(Cl)cc2C)n1. The molecular formula is C15H17ClN4O2S. The number of hydrogen-bond acceptors (Lipinski definition) is 5. The lowest BCUT2D eigenvalue weighted by Gasteiger charge is -2.08. The lowest BCUT2D eigenvalue weighted by molar-refractivity contribution is -0.120. The fourth-order valence-corrected chi connectivity index (χ4v) is 2.81. The van der Waals surface area contributed by atoms with Crippen LogP contribution in [0.15, 0.2) is 28.7 Å². The van der Waals surface area contributed by atoms with Crippen LogP contribution in [0.2, 0.25) is 5.02 Å². The Bertz CT molecular complexity index is 730. The van der Waals surface area contributed by atoms with E-state index in [1.54, 1.807) is 18.2 Å². The number of thiazole rings is 1. The Morgan fingerprint density at radius 1 is 1.48 bits per heavy atom. The van der Waals surface area contributed by atoms with Gasteiger partial charge in [0.1, 0.15) is 10.8 Å². The highest BCUT2D eigenvalue weighted by atomic mass is 35.5. The molecule has 1 aromatic carbocycles. The van der Waals surface area contributed by atoms with E-state index in [0.29, 0.717) is 17.1 Å². The zero-order valence-electron chi connectivity index (χ0n) is 12.8. The normalized spacial score (nSPS) is 11.3. The predicted molar refractivity (Wildman–Crippen MR) is 92.9 cm³/mol. The average Bonchev–Trinajstić information content (AvgIpc) is 2.87. The third-order valence-corrected chi connectivity index (χ3v) is 4.04. The van der Waals surface area contributed by atoms with Crippen LogP contribution in [0, 0.1) is 13.8 Å². The van der Waals surface area contributed by atoms with Gasteiger partial charge in [0, 0.05) is 21.8 Å². The minimum absolute atomic E-state index is 0.223. The molecule has 1 amide bonds. The standard InChI is InChI=1S/C15H17ClN4O2S/c1-9-5-11(16)3-4-12(9)19-14(21)7-22-20-13(17)6-15-18-10(2)8-23-15/h3-5,8H,6-7H2,1-2H3,(H2,17,20)(H,19,21). The van der Waals surface area contributed by atoms with Gasteiger partial charge in [-0.25, -0.2) is 4.98 Å². The van der Waals surface area contributed by atoms with E-state index in [1.807, 2.05) is 19.2 Å². The zero-order chi connectivity index (χ0) is 16.8. The molecule has 6 nitrogen and oxygen atoms in total. The highest BCUT2D eigenvalue weighted by Gasteiger charge is 2.07. The maximum Gasteiger partial charge on any atom is 0.265 e. The van der Waals surface area contributed by atoms with Gasteiger partial charge in [0.15, 0.2) is 6.61 Å². The molecule has 1 aromatic heterocycles. The number of carbonyl (C=O) groups excluding carboxylic acids is 1. The molecule has 0 aliphatic rings. The summed E-state index contributed by atoms with van der Waals surface area (Å²) in [4.78, 5) is 21.1. The van der Waals surface area contributed by atoms with Crippen LogP contribution in [0.5, 0.6) is 0 Å². The number of nitrogens with one attached hydrogen (secondary N) is 1. The molecule has 2 aromatic rings. The lowest BCUT2D eigenvalue weighted by atomic mass is 10.2. The average molecular weight is 353 g/mol. The molecule has 0 fully saturated rings. The quantitative estimate of drug-likeness (QED) is 0.475. The molecule has 0 atom stereocenters. The number of carbonyl (C=O) groups is 1. The van der Waals surface area contributed by atoms with E-state index < -0.39 is 0 Å². The second kappa shape index (κ2) is 7.94. The Labute approximate surface area is 143 Å². The lowest BCUT2D eigenvalue weighted by Crippen LogP contribution is -2.20. The Hall–Kier alpha value is -2.12. The van der Waals surface area contributed by atoms with Gasteiger partial charge < -0.3 is 15.9 Å². The van der Waals surface area contributed by atoms with Crippen molar-refractivity contribution < 1.29 is 9.63 Å². The molecule has 0 saturated heterocycles. The van der Waals surface area contributed by atoms with Crippen molar-refractivity contribution in [1.82, 2.24) is 4.98 Å². The first-order valence-electron chi connectivity index (χ1n) is 6.85. The van der Waals surface area contributed by atoms with E-state index in [4.69, 9.17) is 22.2 Å². The molecule has 3 N–H and O–H groups in total. The van der Waals surface area contributed by atoms with E-state index in [9.17, 15) is 4.79 Å². The van der Waals surface area contributed by atoms with Gasteiger partial charge in [-0.3, -0.25) is 4.79 Å². The molecular weight excluding hydrogens is 336 g/mol. The van der Waals surface area contributed by atoms with Crippen molar-refractivity contribution in [3.8, 4) is 0 Å². The molecule has 122 valence electrons. The van der Waals surface area contributed by atoms with Crippen molar-refractivity contribution >= 4 is 40.4 Å². The molecule has 0 aliphatic carbocycles. The van der Waals surface area contributed by atoms with Crippen molar-refractivity contribution in [1.29, 1.82) is 0 Å².